The van der Waals surface area contributed by atoms with Crippen molar-refractivity contribution in [2.45, 2.75) is 0 Å². The highest BCUT2D eigenvalue weighted by atomic mass is 16.4. The third-order valence-corrected chi connectivity index (χ3v) is 8.85. The summed E-state index contributed by atoms with van der Waals surface area (Å²) in [6.07, 6.45) is 3.75. The number of carboxylic acid groups (broad SMARTS) is 2. The van der Waals surface area contributed by atoms with E-state index in [-0.39, 0.29) is 22.6 Å². The van der Waals surface area contributed by atoms with E-state index in [9.17, 15) is 19.8 Å². The van der Waals surface area contributed by atoms with Gasteiger partial charge in [0, 0.05) is 45.3 Å². The van der Waals surface area contributed by atoms with Crippen LogP contribution >= 0.6 is 0 Å². The summed E-state index contributed by atoms with van der Waals surface area (Å²) in [6, 6.07) is 48.6. The Bertz CT molecular complexity index is 2180. The van der Waals surface area contributed by atoms with Crippen LogP contribution in [-0.4, -0.2) is 33.6 Å². The molecule has 0 radical (unpaired) electrons. The number of allylic oxidation sites excluding steroid dienone is 4. The highest BCUT2D eigenvalue weighted by molar-refractivity contribution is 6.68. The first-order valence-corrected chi connectivity index (χ1v) is 16.5. The fourth-order valence-corrected chi connectivity index (χ4v) is 6.22. The highest BCUT2D eigenvalue weighted by Gasteiger charge is 2.23. The number of carbonyl (C=O) groups is 2. The van der Waals surface area contributed by atoms with Crippen molar-refractivity contribution in [3.05, 3.63) is 192 Å². The fraction of sp³-hybridized carbons (Fsp3) is 0. The lowest BCUT2D eigenvalue weighted by Crippen LogP contribution is -2.19. The van der Waals surface area contributed by atoms with Crippen LogP contribution in [0.1, 0.15) is 31.8 Å². The summed E-state index contributed by atoms with van der Waals surface area (Å²) < 4.78 is 0. The summed E-state index contributed by atoms with van der Waals surface area (Å²) in [6.45, 7) is 0. The standard InChI is InChI=1S/C44H32N4O4/c45-41-39(29-11-19-35(20-12-29)47(33-7-3-1-4-8-33)37-23-15-31(16-24-37)43(49)50)27-28-40(42(41)46)30-13-21-36(22-14-30)48(34-9-5-2-6-10-34)38-25-17-32(18-26-38)44(51)52/h1-28,45-46H,(H,49,50)(H,51,52). The molecule has 0 amide bonds. The molecule has 52 heavy (non-hydrogen) atoms. The predicted molar refractivity (Wildman–Crippen MR) is 208 cm³/mol. The number of nitrogens with one attached hydrogen (secondary N) is 2. The number of nitrogens with zero attached hydrogens (tertiary/aromatic N) is 2. The van der Waals surface area contributed by atoms with Crippen molar-refractivity contribution < 1.29 is 19.8 Å². The highest BCUT2D eigenvalue weighted by Crippen LogP contribution is 2.38. The Hall–Kier alpha value is -7.32. The van der Waals surface area contributed by atoms with E-state index >= 15 is 0 Å². The van der Waals surface area contributed by atoms with Crippen LogP contribution < -0.4 is 9.80 Å². The van der Waals surface area contributed by atoms with Crippen molar-refractivity contribution in [3.8, 4) is 0 Å². The maximum absolute atomic E-state index is 11.4. The third-order valence-electron chi connectivity index (χ3n) is 8.85. The van der Waals surface area contributed by atoms with Crippen molar-refractivity contribution >= 4 is 68.6 Å². The first-order chi connectivity index (χ1) is 25.3. The number of aromatic carboxylic acids is 2. The van der Waals surface area contributed by atoms with E-state index in [0.717, 1.165) is 45.3 Å². The number of anilines is 6. The van der Waals surface area contributed by atoms with Gasteiger partial charge >= 0.3 is 11.9 Å². The van der Waals surface area contributed by atoms with E-state index in [1.54, 1.807) is 48.5 Å². The Morgan fingerprint density at radius 3 is 0.942 bits per heavy atom. The van der Waals surface area contributed by atoms with E-state index in [4.69, 9.17) is 10.8 Å². The summed E-state index contributed by atoms with van der Waals surface area (Å²) in [5.41, 5.74) is 8.64. The van der Waals surface area contributed by atoms with Gasteiger partial charge in [0.05, 0.1) is 22.6 Å². The zero-order valence-electron chi connectivity index (χ0n) is 27.8. The number of carboxylic acids is 2. The SMILES string of the molecule is N=C1C(=N)C(c2ccc(N(c3ccccc3)c3ccc(C(=O)O)cc3)cc2)=CC=C1c1ccc(N(c2ccccc2)c2ccc(C(=O)O)cc2)cc1. The molecule has 0 unspecified atom stereocenters. The summed E-state index contributed by atoms with van der Waals surface area (Å²) in [5.74, 6) is -1.97. The molecule has 4 N–H and O–H groups in total. The number of rotatable bonds is 10. The van der Waals surface area contributed by atoms with Gasteiger partial charge in [0.15, 0.2) is 0 Å². The quantitative estimate of drug-likeness (QED) is 0.107. The van der Waals surface area contributed by atoms with Crippen molar-refractivity contribution in [2.75, 3.05) is 9.80 Å². The zero-order valence-corrected chi connectivity index (χ0v) is 27.8. The molecule has 0 heterocycles. The van der Waals surface area contributed by atoms with E-state index in [1.165, 1.54) is 0 Å². The molecule has 7 rings (SSSR count). The van der Waals surface area contributed by atoms with Crippen LogP contribution in [0.3, 0.4) is 0 Å². The lowest BCUT2D eigenvalue weighted by atomic mass is 9.86. The molecule has 0 atom stereocenters. The smallest absolute Gasteiger partial charge is 0.335 e. The maximum atomic E-state index is 11.4. The number of hydrogen-bond acceptors (Lipinski definition) is 6. The Balaban J connectivity index is 1.16. The van der Waals surface area contributed by atoms with E-state index < -0.39 is 11.9 Å². The van der Waals surface area contributed by atoms with Gasteiger partial charge in [-0.25, -0.2) is 9.59 Å². The van der Waals surface area contributed by atoms with Gasteiger partial charge in [0.25, 0.3) is 0 Å². The second-order valence-electron chi connectivity index (χ2n) is 12.1. The molecule has 6 aromatic rings. The molecule has 0 bridgehead atoms. The number of benzene rings is 6. The monoisotopic (exact) mass is 680 g/mol. The van der Waals surface area contributed by atoms with E-state index in [1.807, 2.05) is 131 Å². The second kappa shape index (κ2) is 14.3. The molecule has 8 heteroatoms. The molecule has 0 aromatic heterocycles. The van der Waals surface area contributed by atoms with Gasteiger partial charge in [-0.3, -0.25) is 10.8 Å². The van der Waals surface area contributed by atoms with Crippen LogP contribution in [0.5, 0.6) is 0 Å². The van der Waals surface area contributed by atoms with Crippen molar-refractivity contribution in [1.82, 2.24) is 0 Å². The average Bonchev–Trinajstić information content (AvgIpc) is 3.18. The predicted octanol–water partition coefficient (Wildman–Crippen LogP) is 10.5. The fourth-order valence-electron chi connectivity index (χ4n) is 6.22. The van der Waals surface area contributed by atoms with Gasteiger partial charge in [0.1, 0.15) is 0 Å². The summed E-state index contributed by atoms with van der Waals surface area (Å²) in [4.78, 5) is 27.0. The minimum Gasteiger partial charge on any atom is -0.478 e. The normalized spacial score (nSPS) is 12.5. The van der Waals surface area contributed by atoms with Crippen LogP contribution in [0.25, 0.3) is 11.1 Å². The first-order valence-electron chi connectivity index (χ1n) is 16.5. The molecule has 0 saturated carbocycles. The molecule has 252 valence electrons. The topological polar surface area (TPSA) is 129 Å². The van der Waals surface area contributed by atoms with E-state index in [0.29, 0.717) is 11.1 Å². The molecule has 0 fully saturated rings. The molecular weight excluding hydrogens is 649 g/mol. The van der Waals surface area contributed by atoms with E-state index in [2.05, 4.69) is 0 Å². The third kappa shape index (κ3) is 6.64. The lowest BCUT2D eigenvalue weighted by molar-refractivity contribution is 0.0686. The molecule has 0 saturated heterocycles. The Kier molecular flexibility index (Phi) is 9.11. The Labute approximate surface area is 300 Å². The molecule has 1 aliphatic rings. The average molecular weight is 681 g/mol. The van der Waals surface area contributed by atoms with Gasteiger partial charge in [-0.05, 0) is 108 Å². The maximum Gasteiger partial charge on any atom is 0.335 e. The largest absolute Gasteiger partial charge is 0.478 e. The molecule has 6 aromatic carbocycles. The summed E-state index contributed by atoms with van der Waals surface area (Å²) in [7, 11) is 0. The van der Waals surface area contributed by atoms with Gasteiger partial charge in [-0.1, -0.05) is 72.8 Å². The first kappa shape index (κ1) is 33.2. The molecule has 0 spiro atoms. The van der Waals surface area contributed by atoms with Gasteiger partial charge < -0.3 is 20.0 Å². The molecule has 1 aliphatic carbocycles. The van der Waals surface area contributed by atoms with Gasteiger partial charge in [-0.2, -0.15) is 0 Å². The lowest BCUT2D eigenvalue weighted by Gasteiger charge is -2.26. The zero-order chi connectivity index (χ0) is 36.2. The van der Waals surface area contributed by atoms with Gasteiger partial charge in [-0.15, -0.1) is 0 Å². The Morgan fingerprint density at radius 2 is 0.654 bits per heavy atom. The minimum atomic E-state index is -0.984. The minimum absolute atomic E-state index is 0.114. The molecule has 0 aliphatic heterocycles. The molecule has 8 nitrogen and oxygen atoms in total. The molecular formula is C44H32N4O4. The van der Waals surface area contributed by atoms with Crippen molar-refractivity contribution in [2.24, 2.45) is 0 Å². The van der Waals surface area contributed by atoms with Crippen LogP contribution in [0.4, 0.5) is 34.1 Å². The number of para-hydroxylation sites is 2. The number of hydrogen-bond donors (Lipinski definition) is 4. The van der Waals surface area contributed by atoms with Crippen LogP contribution in [-0.2, 0) is 0 Å². The Morgan fingerprint density at radius 1 is 0.385 bits per heavy atom. The summed E-state index contributed by atoms with van der Waals surface area (Å²) >= 11 is 0. The van der Waals surface area contributed by atoms with Crippen molar-refractivity contribution in [1.29, 1.82) is 10.8 Å². The van der Waals surface area contributed by atoms with Crippen molar-refractivity contribution in [3.63, 3.8) is 0 Å². The second-order valence-corrected chi connectivity index (χ2v) is 12.1. The van der Waals surface area contributed by atoms with Crippen LogP contribution in [0.15, 0.2) is 170 Å². The van der Waals surface area contributed by atoms with Crippen LogP contribution in [0, 0.1) is 10.8 Å². The van der Waals surface area contributed by atoms with Gasteiger partial charge in [0.2, 0.25) is 0 Å². The summed E-state index contributed by atoms with van der Waals surface area (Å²) in [5, 5.41) is 36.7. The van der Waals surface area contributed by atoms with Crippen LogP contribution in [0.2, 0.25) is 0 Å².